The highest BCUT2D eigenvalue weighted by atomic mass is 16.5. The number of hydrogen-bond acceptors (Lipinski definition) is 5. The van der Waals surface area contributed by atoms with Crippen molar-refractivity contribution < 1.29 is 13.7 Å². The third-order valence-electron chi connectivity index (χ3n) is 4.94. The number of aromatic nitrogens is 1. The summed E-state index contributed by atoms with van der Waals surface area (Å²) in [5, 5.41) is 7.33. The Hall–Kier alpha value is -2.08. The zero-order valence-electron chi connectivity index (χ0n) is 12.4. The Labute approximate surface area is 128 Å². The summed E-state index contributed by atoms with van der Waals surface area (Å²) in [5.74, 6) is 1.02. The first-order valence-electron chi connectivity index (χ1n) is 7.76. The minimum Gasteiger partial charge on any atom is -0.461 e. The molecular formula is C16H19N3O3. The van der Waals surface area contributed by atoms with E-state index in [2.05, 4.69) is 10.5 Å². The predicted octanol–water partition coefficient (Wildman–Crippen LogP) is 2.15. The predicted molar refractivity (Wildman–Crippen MR) is 79.3 cm³/mol. The van der Waals surface area contributed by atoms with Gasteiger partial charge in [0.25, 0.3) is 5.91 Å². The number of rotatable bonds is 2. The monoisotopic (exact) mass is 301 g/mol. The molecule has 6 nitrogen and oxygen atoms in total. The van der Waals surface area contributed by atoms with E-state index in [-0.39, 0.29) is 5.91 Å². The molecule has 2 fully saturated rings. The van der Waals surface area contributed by atoms with E-state index in [1.165, 1.54) is 6.42 Å². The summed E-state index contributed by atoms with van der Waals surface area (Å²) in [5.41, 5.74) is 0.756. The van der Waals surface area contributed by atoms with Gasteiger partial charge in [0, 0.05) is 25.7 Å². The van der Waals surface area contributed by atoms with Crippen LogP contribution in [-0.2, 0) is 0 Å². The highest BCUT2D eigenvalue weighted by Gasteiger charge is 2.38. The minimum absolute atomic E-state index is 0.0534. The Morgan fingerprint density at radius 3 is 2.82 bits per heavy atom. The standard InChI is InChI=1S/C16H19N3O3/c20-15(12-10-14(22-18-12)13-2-1-9-21-13)19-7-4-16(5-8-19)3-6-17-11-16/h1-2,9-10,17H,3-8,11H2. The van der Waals surface area contributed by atoms with Crippen LogP contribution in [0.15, 0.2) is 33.4 Å². The molecule has 6 heteroatoms. The van der Waals surface area contributed by atoms with Gasteiger partial charge < -0.3 is 19.2 Å². The van der Waals surface area contributed by atoms with Gasteiger partial charge in [0.2, 0.25) is 5.76 Å². The van der Waals surface area contributed by atoms with Gasteiger partial charge in [0.1, 0.15) is 0 Å². The summed E-state index contributed by atoms with van der Waals surface area (Å²) in [6, 6.07) is 5.22. The van der Waals surface area contributed by atoms with E-state index in [1.807, 2.05) is 4.90 Å². The highest BCUT2D eigenvalue weighted by molar-refractivity contribution is 5.93. The molecule has 1 spiro atoms. The number of carbonyl (C=O) groups excluding carboxylic acids is 1. The van der Waals surface area contributed by atoms with Crippen molar-refractivity contribution in [3.05, 3.63) is 30.2 Å². The van der Waals surface area contributed by atoms with Gasteiger partial charge in [-0.15, -0.1) is 0 Å². The Kier molecular flexibility index (Phi) is 3.26. The lowest BCUT2D eigenvalue weighted by molar-refractivity contribution is 0.0598. The van der Waals surface area contributed by atoms with E-state index in [0.29, 0.717) is 22.6 Å². The molecule has 0 radical (unpaired) electrons. The smallest absolute Gasteiger partial charge is 0.276 e. The number of piperidine rings is 1. The SMILES string of the molecule is O=C(c1cc(-c2ccco2)on1)N1CCC2(CCNC2)CC1. The average Bonchev–Trinajstić information content (AvgIpc) is 3.29. The van der Waals surface area contributed by atoms with Gasteiger partial charge in [-0.05, 0) is 43.4 Å². The topological polar surface area (TPSA) is 71.5 Å². The number of amides is 1. The molecule has 2 saturated heterocycles. The van der Waals surface area contributed by atoms with Crippen molar-refractivity contribution in [3.8, 4) is 11.5 Å². The first-order chi connectivity index (χ1) is 10.8. The molecule has 0 saturated carbocycles. The third-order valence-corrected chi connectivity index (χ3v) is 4.94. The molecule has 0 unspecified atom stereocenters. The molecule has 2 aromatic rings. The van der Waals surface area contributed by atoms with Crippen LogP contribution in [0.1, 0.15) is 29.8 Å². The second kappa shape index (κ2) is 5.28. The summed E-state index contributed by atoms with van der Waals surface area (Å²) < 4.78 is 10.5. The van der Waals surface area contributed by atoms with Crippen molar-refractivity contribution in [2.24, 2.45) is 5.41 Å². The van der Waals surface area contributed by atoms with Gasteiger partial charge in [-0.2, -0.15) is 0 Å². The summed E-state index contributed by atoms with van der Waals surface area (Å²) in [6.07, 6.45) is 4.92. The largest absolute Gasteiger partial charge is 0.461 e. The van der Waals surface area contributed by atoms with Crippen LogP contribution in [0, 0.1) is 5.41 Å². The van der Waals surface area contributed by atoms with Crippen LogP contribution in [0.4, 0.5) is 0 Å². The summed E-state index contributed by atoms with van der Waals surface area (Å²) >= 11 is 0. The Morgan fingerprint density at radius 2 is 2.14 bits per heavy atom. The second-order valence-electron chi connectivity index (χ2n) is 6.27. The molecule has 2 aliphatic rings. The Morgan fingerprint density at radius 1 is 1.27 bits per heavy atom. The van der Waals surface area contributed by atoms with E-state index in [0.717, 1.165) is 39.0 Å². The number of furan rings is 1. The fourth-order valence-electron chi connectivity index (χ4n) is 3.48. The first-order valence-corrected chi connectivity index (χ1v) is 7.76. The maximum absolute atomic E-state index is 12.5. The van der Waals surface area contributed by atoms with Crippen molar-refractivity contribution in [2.75, 3.05) is 26.2 Å². The molecule has 0 aromatic carbocycles. The van der Waals surface area contributed by atoms with Gasteiger partial charge in [-0.1, -0.05) is 5.16 Å². The Balaban J connectivity index is 1.44. The van der Waals surface area contributed by atoms with Gasteiger partial charge in [-0.25, -0.2) is 0 Å². The molecule has 1 amide bonds. The minimum atomic E-state index is -0.0534. The second-order valence-corrected chi connectivity index (χ2v) is 6.27. The number of nitrogens with one attached hydrogen (secondary N) is 1. The molecule has 22 heavy (non-hydrogen) atoms. The van der Waals surface area contributed by atoms with Crippen molar-refractivity contribution in [1.29, 1.82) is 0 Å². The van der Waals surface area contributed by atoms with E-state index in [4.69, 9.17) is 8.94 Å². The zero-order chi connectivity index (χ0) is 15.0. The molecule has 4 heterocycles. The van der Waals surface area contributed by atoms with Crippen LogP contribution in [-0.4, -0.2) is 42.1 Å². The maximum Gasteiger partial charge on any atom is 0.276 e. The maximum atomic E-state index is 12.5. The van der Waals surface area contributed by atoms with Gasteiger partial charge >= 0.3 is 0 Å². The van der Waals surface area contributed by atoms with Crippen LogP contribution in [0.25, 0.3) is 11.5 Å². The van der Waals surface area contributed by atoms with Crippen LogP contribution >= 0.6 is 0 Å². The summed E-state index contributed by atoms with van der Waals surface area (Å²) in [4.78, 5) is 14.4. The van der Waals surface area contributed by atoms with Crippen molar-refractivity contribution in [3.63, 3.8) is 0 Å². The number of likely N-dealkylation sites (tertiary alicyclic amines) is 1. The molecule has 2 aliphatic heterocycles. The molecule has 0 atom stereocenters. The molecule has 1 N–H and O–H groups in total. The van der Waals surface area contributed by atoms with E-state index < -0.39 is 0 Å². The van der Waals surface area contributed by atoms with Gasteiger partial charge in [-0.3, -0.25) is 4.79 Å². The quantitative estimate of drug-likeness (QED) is 0.920. The Bertz CT molecular complexity index is 646. The van der Waals surface area contributed by atoms with Crippen LogP contribution in [0.3, 0.4) is 0 Å². The molecule has 0 aliphatic carbocycles. The van der Waals surface area contributed by atoms with Crippen molar-refractivity contribution in [1.82, 2.24) is 15.4 Å². The summed E-state index contributed by atoms with van der Waals surface area (Å²) in [7, 11) is 0. The lowest BCUT2D eigenvalue weighted by Crippen LogP contribution is -2.44. The zero-order valence-corrected chi connectivity index (χ0v) is 12.4. The van der Waals surface area contributed by atoms with E-state index in [1.54, 1.807) is 24.5 Å². The molecular weight excluding hydrogens is 282 g/mol. The van der Waals surface area contributed by atoms with Crippen LogP contribution in [0.2, 0.25) is 0 Å². The molecule has 116 valence electrons. The fraction of sp³-hybridized carbons (Fsp3) is 0.500. The lowest BCUT2D eigenvalue weighted by atomic mass is 9.78. The fourth-order valence-corrected chi connectivity index (χ4v) is 3.48. The molecule has 2 aromatic heterocycles. The normalized spacial score (nSPS) is 20.6. The van der Waals surface area contributed by atoms with Crippen LogP contribution in [0.5, 0.6) is 0 Å². The number of hydrogen-bond donors (Lipinski definition) is 1. The van der Waals surface area contributed by atoms with Gasteiger partial charge in [0.05, 0.1) is 6.26 Å². The third kappa shape index (κ3) is 2.33. The summed E-state index contributed by atoms with van der Waals surface area (Å²) in [6.45, 7) is 3.78. The van der Waals surface area contributed by atoms with E-state index in [9.17, 15) is 4.79 Å². The first kappa shape index (κ1) is 13.6. The average molecular weight is 301 g/mol. The molecule has 4 rings (SSSR count). The van der Waals surface area contributed by atoms with Crippen molar-refractivity contribution in [2.45, 2.75) is 19.3 Å². The number of nitrogens with zero attached hydrogens (tertiary/aromatic N) is 2. The lowest BCUT2D eigenvalue weighted by Gasteiger charge is -2.38. The highest BCUT2D eigenvalue weighted by Crippen LogP contribution is 2.37. The molecule has 0 bridgehead atoms. The number of carbonyl (C=O) groups is 1. The van der Waals surface area contributed by atoms with Gasteiger partial charge in [0.15, 0.2) is 11.5 Å². The van der Waals surface area contributed by atoms with E-state index >= 15 is 0 Å². The van der Waals surface area contributed by atoms with Crippen LogP contribution < -0.4 is 5.32 Å². The van der Waals surface area contributed by atoms with Crippen molar-refractivity contribution >= 4 is 5.91 Å².